The molecule has 3 amide bonds. The van der Waals surface area contributed by atoms with Crippen molar-refractivity contribution >= 4 is 11.9 Å². The van der Waals surface area contributed by atoms with Crippen LogP contribution in [-0.2, 0) is 4.79 Å². The van der Waals surface area contributed by atoms with Crippen LogP contribution in [0.4, 0.5) is 26.7 Å². The van der Waals surface area contributed by atoms with Crippen LogP contribution in [0.3, 0.4) is 0 Å². The smallest absolute Gasteiger partial charge is 0.336 e. The van der Waals surface area contributed by atoms with E-state index in [0.717, 1.165) is 11.0 Å². The summed E-state index contributed by atoms with van der Waals surface area (Å²) in [5, 5.41) is 4.09. The second-order valence-electron chi connectivity index (χ2n) is 4.77. The van der Waals surface area contributed by atoms with Crippen molar-refractivity contribution in [1.29, 1.82) is 0 Å². The van der Waals surface area contributed by atoms with Gasteiger partial charge in [0.25, 0.3) is 0 Å². The minimum absolute atomic E-state index is 0.0179. The number of imide groups is 1. The lowest BCUT2D eigenvalue weighted by atomic mass is 10.0. The summed E-state index contributed by atoms with van der Waals surface area (Å²) in [5.41, 5.74) is -1.22. The van der Waals surface area contributed by atoms with Crippen molar-refractivity contribution in [1.82, 2.24) is 15.5 Å². The van der Waals surface area contributed by atoms with Crippen molar-refractivity contribution in [2.75, 3.05) is 19.6 Å². The summed E-state index contributed by atoms with van der Waals surface area (Å²) < 4.78 is 66.4. The highest BCUT2D eigenvalue weighted by molar-refractivity contribution is 5.96. The molecule has 0 aromatic heterocycles. The molecule has 0 aliphatic carbocycles. The average molecular weight is 337 g/mol. The number of urea groups is 1. The molecule has 1 heterocycles. The fraction of sp³-hybridized carbons (Fsp3) is 0.385. The van der Waals surface area contributed by atoms with Gasteiger partial charge in [0.1, 0.15) is 17.7 Å². The zero-order valence-electron chi connectivity index (χ0n) is 11.6. The Labute approximate surface area is 127 Å². The molecule has 10 heteroatoms. The Morgan fingerprint density at radius 3 is 2.39 bits per heavy atom. The van der Waals surface area contributed by atoms with Gasteiger partial charge in [-0.3, -0.25) is 15.0 Å². The van der Waals surface area contributed by atoms with Gasteiger partial charge >= 0.3 is 12.2 Å². The monoisotopic (exact) mass is 337 g/mol. The van der Waals surface area contributed by atoms with Crippen molar-refractivity contribution in [3.63, 3.8) is 0 Å². The van der Waals surface area contributed by atoms with Crippen LogP contribution in [0.5, 0.6) is 0 Å². The average Bonchev–Trinajstić information content (AvgIpc) is 2.86. The molecule has 2 N–H and O–H groups in total. The summed E-state index contributed by atoms with van der Waals surface area (Å²) in [6.45, 7) is -0.690. The highest BCUT2D eigenvalue weighted by Crippen LogP contribution is 2.35. The van der Waals surface area contributed by atoms with Crippen LogP contribution in [0.25, 0.3) is 0 Å². The molecular weight excluding hydrogens is 325 g/mol. The molecule has 0 saturated carbocycles. The van der Waals surface area contributed by atoms with Crippen LogP contribution >= 0.6 is 0 Å². The molecule has 126 valence electrons. The Balaban J connectivity index is 2.17. The Hall–Kier alpha value is -2.23. The molecule has 2 rings (SSSR count). The van der Waals surface area contributed by atoms with E-state index in [4.69, 9.17) is 0 Å². The van der Waals surface area contributed by atoms with E-state index in [1.165, 1.54) is 0 Å². The third kappa shape index (κ3) is 3.76. The van der Waals surface area contributed by atoms with E-state index in [1.54, 1.807) is 5.32 Å². The molecule has 1 unspecified atom stereocenters. The standard InChI is InChI=1S/C13H12F5N3O2/c14-7-2-1-3-8(15)10(7)11(13(16,17)18)20-6-9(22)21-5-4-19-12(21)23/h1-3,11,20H,4-6H2,(H,19,23). The molecule has 1 aromatic carbocycles. The zero-order valence-corrected chi connectivity index (χ0v) is 11.6. The highest BCUT2D eigenvalue weighted by Gasteiger charge is 2.44. The molecule has 23 heavy (non-hydrogen) atoms. The molecule has 1 aromatic rings. The summed E-state index contributed by atoms with van der Waals surface area (Å²) in [6.07, 6.45) is -5.03. The van der Waals surface area contributed by atoms with Crippen LogP contribution < -0.4 is 10.6 Å². The quantitative estimate of drug-likeness (QED) is 0.823. The molecule has 1 fully saturated rings. The van der Waals surface area contributed by atoms with Crippen molar-refractivity contribution in [2.24, 2.45) is 0 Å². The van der Waals surface area contributed by atoms with Crippen LogP contribution in [0.15, 0.2) is 18.2 Å². The molecule has 1 aliphatic heterocycles. The number of carbonyl (C=O) groups is 2. The van der Waals surface area contributed by atoms with Gasteiger partial charge in [0.15, 0.2) is 0 Å². The van der Waals surface area contributed by atoms with Crippen molar-refractivity contribution < 1.29 is 31.5 Å². The van der Waals surface area contributed by atoms with Crippen LogP contribution in [0.2, 0.25) is 0 Å². The molecule has 1 atom stereocenters. The van der Waals surface area contributed by atoms with Gasteiger partial charge < -0.3 is 5.32 Å². The first-order valence-corrected chi connectivity index (χ1v) is 6.54. The number of alkyl halides is 3. The Morgan fingerprint density at radius 1 is 1.30 bits per heavy atom. The first kappa shape index (κ1) is 17.1. The summed E-state index contributed by atoms with van der Waals surface area (Å²) in [7, 11) is 0. The summed E-state index contributed by atoms with van der Waals surface area (Å²) >= 11 is 0. The number of hydrogen-bond donors (Lipinski definition) is 2. The highest BCUT2D eigenvalue weighted by atomic mass is 19.4. The van der Waals surface area contributed by atoms with Gasteiger partial charge in [-0.2, -0.15) is 13.2 Å². The van der Waals surface area contributed by atoms with Crippen molar-refractivity contribution in [2.45, 2.75) is 12.2 Å². The number of rotatable bonds is 4. The number of carbonyl (C=O) groups excluding carboxylic acids is 2. The number of nitrogens with one attached hydrogen (secondary N) is 2. The van der Waals surface area contributed by atoms with Crippen LogP contribution in [0, 0.1) is 11.6 Å². The maximum Gasteiger partial charge on any atom is 0.408 e. The lowest BCUT2D eigenvalue weighted by molar-refractivity contribution is -0.160. The normalized spacial score (nSPS) is 16.4. The minimum Gasteiger partial charge on any atom is -0.336 e. The molecular formula is C13H12F5N3O2. The van der Waals surface area contributed by atoms with Crippen LogP contribution in [-0.4, -0.2) is 42.6 Å². The Bertz CT molecular complexity index is 600. The summed E-state index contributed by atoms with van der Waals surface area (Å²) in [6, 6.07) is -1.12. The van der Waals surface area contributed by atoms with E-state index in [2.05, 4.69) is 5.32 Å². The lowest BCUT2D eigenvalue weighted by Gasteiger charge is -2.23. The first-order chi connectivity index (χ1) is 10.7. The summed E-state index contributed by atoms with van der Waals surface area (Å²) in [5.74, 6) is -3.69. The molecule has 1 saturated heterocycles. The summed E-state index contributed by atoms with van der Waals surface area (Å²) in [4.78, 5) is 23.7. The predicted molar refractivity (Wildman–Crippen MR) is 68.3 cm³/mol. The van der Waals surface area contributed by atoms with E-state index in [1.807, 2.05) is 0 Å². The third-order valence-electron chi connectivity index (χ3n) is 3.23. The zero-order chi connectivity index (χ0) is 17.2. The second kappa shape index (κ2) is 6.49. The largest absolute Gasteiger partial charge is 0.408 e. The van der Waals surface area contributed by atoms with E-state index in [0.29, 0.717) is 12.1 Å². The molecule has 1 aliphatic rings. The molecule has 5 nitrogen and oxygen atoms in total. The number of amides is 3. The van der Waals surface area contributed by atoms with Gasteiger partial charge in [0, 0.05) is 18.7 Å². The molecule has 0 bridgehead atoms. The van der Waals surface area contributed by atoms with Gasteiger partial charge in [-0.25, -0.2) is 13.6 Å². The molecule has 0 spiro atoms. The first-order valence-electron chi connectivity index (χ1n) is 6.54. The number of hydrogen-bond acceptors (Lipinski definition) is 3. The topological polar surface area (TPSA) is 61.4 Å². The van der Waals surface area contributed by atoms with Gasteiger partial charge in [0.2, 0.25) is 5.91 Å². The number of benzene rings is 1. The van der Waals surface area contributed by atoms with Gasteiger partial charge in [0.05, 0.1) is 6.54 Å². The molecule has 0 radical (unpaired) electrons. The van der Waals surface area contributed by atoms with E-state index in [9.17, 15) is 31.5 Å². The number of nitrogens with zero attached hydrogens (tertiary/aromatic N) is 1. The van der Waals surface area contributed by atoms with Gasteiger partial charge in [-0.05, 0) is 12.1 Å². The fourth-order valence-electron chi connectivity index (χ4n) is 2.16. The SMILES string of the molecule is O=C(CNC(c1c(F)cccc1F)C(F)(F)F)N1CCNC1=O. The Morgan fingerprint density at radius 2 is 1.91 bits per heavy atom. The lowest BCUT2D eigenvalue weighted by Crippen LogP contribution is -2.44. The maximum absolute atomic E-state index is 13.6. The maximum atomic E-state index is 13.6. The van der Waals surface area contributed by atoms with Gasteiger partial charge in [-0.1, -0.05) is 6.07 Å². The van der Waals surface area contributed by atoms with Crippen LogP contribution in [0.1, 0.15) is 11.6 Å². The second-order valence-corrected chi connectivity index (χ2v) is 4.77. The van der Waals surface area contributed by atoms with Crippen molar-refractivity contribution in [3.05, 3.63) is 35.4 Å². The van der Waals surface area contributed by atoms with E-state index >= 15 is 0 Å². The Kier molecular flexibility index (Phi) is 4.83. The third-order valence-corrected chi connectivity index (χ3v) is 3.23. The fourth-order valence-corrected chi connectivity index (χ4v) is 2.16. The minimum atomic E-state index is -5.03. The van der Waals surface area contributed by atoms with Crippen molar-refractivity contribution in [3.8, 4) is 0 Å². The van der Waals surface area contributed by atoms with E-state index in [-0.39, 0.29) is 13.1 Å². The number of halogens is 5. The van der Waals surface area contributed by atoms with E-state index < -0.39 is 47.9 Å². The van der Waals surface area contributed by atoms with Gasteiger partial charge in [-0.15, -0.1) is 0 Å². The predicted octanol–water partition coefficient (Wildman–Crippen LogP) is 1.71.